The summed E-state index contributed by atoms with van der Waals surface area (Å²) in [7, 11) is 0. The molecule has 1 aliphatic carbocycles. The van der Waals surface area contributed by atoms with Gasteiger partial charge in [0.15, 0.2) is 0 Å². The van der Waals surface area contributed by atoms with Gasteiger partial charge in [-0.1, -0.05) is 25.0 Å². The Hall–Kier alpha value is -3.43. The first-order valence-corrected chi connectivity index (χ1v) is 14.5. The predicted molar refractivity (Wildman–Crippen MR) is 150 cm³/mol. The minimum atomic E-state index is -1.06. The summed E-state index contributed by atoms with van der Waals surface area (Å²) in [6.07, 6.45) is 12.4. The Bertz CT molecular complexity index is 1120. The quantitative estimate of drug-likeness (QED) is 0.489. The molecule has 4 rings (SSSR count). The zero-order valence-corrected chi connectivity index (χ0v) is 24.1. The highest BCUT2D eigenvalue weighted by Gasteiger charge is 2.60. The maximum absolute atomic E-state index is 13.7. The van der Waals surface area contributed by atoms with Crippen molar-refractivity contribution in [1.29, 1.82) is 0 Å². The minimum Gasteiger partial charge on any atom is -0.444 e. The van der Waals surface area contributed by atoms with Gasteiger partial charge in [0.25, 0.3) is 0 Å². The molecule has 10 nitrogen and oxygen atoms in total. The first-order chi connectivity index (χ1) is 19.0. The number of hydrogen-bond donors (Lipinski definition) is 3. The van der Waals surface area contributed by atoms with E-state index in [1.165, 1.54) is 0 Å². The summed E-state index contributed by atoms with van der Waals surface area (Å²) in [5.41, 5.74) is -0.826. The summed E-state index contributed by atoms with van der Waals surface area (Å²) in [4.78, 5) is 59.2. The van der Waals surface area contributed by atoms with Crippen molar-refractivity contribution < 1.29 is 23.9 Å². The highest BCUT2D eigenvalue weighted by Crippen LogP contribution is 2.46. The van der Waals surface area contributed by atoms with Gasteiger partial charge in [-0.2, -0.15) is 0 Å². The second-order valence-corrected chi connectivity index (χ2v) is 12.2. The average Bonchev–Trinajstić information content (AvgIpc) is 3.36. The molecule has 1 saturated carbocycles. The van der Waals surface area contributed by atoms with E-state index >= 15 is 0 Å². The van der Waals surface area contributed by atoms with E-state index in [1.54, 1.807) is 38.1 Å². The third-order valence-electron chi connectivity index (χ3n) is 7.88. The van der Waals surface area contributed by atoms with Crippen molar-refractivity contribution in [2.75, 3.05) is 6.54 Å². The van der Waals surface area contributed by atoms with Gasteiger partial charge >= 0.3 is 6.09 Å². The molecular formula is C30H43N5O5. The molecule has 3 aliphatic rings. The van der Waals surface area contributed by atoms with E-state index in [-0.39, 0.29) is 29.7 Å². The number of carbonyl (C=O) groups is 4. The summed E-state index contributed by atoms with van der Waals surface area (Å²) in [6, 6.07) is 1.97. The van der Waals surface area contributed by atoms with Gasteiger partial charge in [0.1, 0.15) is 23.2 Å². The largest absolute Gasteiger partial charge is 0.444 e. The molecule has 3 heterocycles. The van der Waals surface area contributed by atoms with E-state index in [1.807, 2.05) is 25.1 Å². The molecular weight excluding hydrogens is 510 g/mol. The van der Waals surface area contributed by atoms with Crippen LogP contribution in [0.4, 0.5) is 4.79 Å². The van der Waals surface area contributed by atoms with Crippen LogP contribution in [0.1, 0.15) is 90.7 Å². The smallest absolute Gasteiger partial charge is 0.408 e. The van der Waals surface area contributed by atoms with Crippen molar-refractivity contribution in [1.82, 2.24) is 25.8 Å². The van der Waals surface area contributed by atoms with Gasteiger partial charge < -0.3 is 25.6 Å². The summed E-state index contributed by atoms with van der Waals surface area (Å²) < 4.78 is 5.41. The average molecular weight is 554 g/mol. The van der Waals surface area contributed by atoms with Crippen LogP contribution < -0.4 is 16.0 Å². The number of pyridine rings is 1. The lowest BCUT2D eigenvalue weighted by molar-refractivity contribution is -0.141. The van der Waals surface area contributed by atoms with Gasteiger partial charge in [-0.15, -0.1) is 0 Å². The number of allylic oxidation sites excluding steroid dienone is 1. The molecule has 0 unspecified atom stereocenters. The van der Waals surface area contributed by atoms with Crippen LogP contribution in [0.5, 0.6) is 0 Å². The second kappa shape index (κ2) is 12.4. The maximum atomic E-state index is 13.7. The lowest BCUT2D eigenvalue weighted by Gasteiger charge is -2.31. The van der Waals surface area contributed by atoms with E-state index in [4.69, 9.17) is 4.74 Å². The zero-order chi connectivity index (χ0) is 28.9. The van der Waals surface area contributed by atoms with Crippen molar-refractivity contribution in [3.05, 3.63) is 42.2 Å². The van der Waals surface area contributed by atoms with Gasteiger partial charge in [0.2, 0.25) is 17.7 Å². The SMILES string of the molecule is C[C@H](NC(=O)[C@@]12C[C@@H]1/C=C\CCCCC[C@H](NC(=O)OC(C)(C)C)C(=O)N1CCC[C@H]1C(=O)N2)c1ccncc1. The summed E-state index contributed by atoms with van der Waals surface area (Å²) in [5, 5.41) is 8.88. The fourth-order valence-corrected chi connectivity index (χ4v) is 5.60. The van der Waals surface area contributed by atoms with Crippen LogP contribution in [0.15, 0.2) is 36.7 Å². The Morgan fingerprint density at radius 1 is 1.12 bits per heavy atom. The third kappa shape index (κ3) is 7.20. The summed E-state index contributed by atoms with van der Waals surface area (Å²) in [5.74, 6) is -0.962. The fraction of sp³-hybridized carbons (Fsp3) is 0.633. The first kappa shape index (κ1) is 29.6. The molecule has 40 heavy (non-hydrogen) atoms. The normalized spacial score (nSPS) is 29.0. The molecule has 4 amide bonds. The molecule has 0 spiro atoms. The number of hydrogen-bond acceptors (Lipinski definition) is 6. The standard InChI is InChI=1S/C30H43N5O5/c1-20(21-14-16-31-17-15-21)32-27(38)30-19-22(30)11-8-6-5-7-9-12-23(33-28(39)40-29(2,3)4)26(37)35-18-10-13-24(35)25(36)34-30/h8,11,14-17,20,22-24H,5-7,9-10,12-13,18-19H2,1-4H3,(H,32,38)(H,33,39)(H,34,36)/b11-8-/t20-,22-,23-,24-,30+/m0/s1. The van der Waals surface area contributed by atoms with Gasteiger partial charge in [0.05, 0.1) is 6.04 Å². The molecule has 1 saturated heterocycles. The van der Waals surface area contributed by atoms with Gasteiger partial charge in [-0.25, -0.2) is 4.79 Å². The van der Waals surface area contributed by atoms with Crippen molar-refractivity contribution in [2.45, 2.75) is 108 Å². The molecule has 1 aromatic rings. The molecule has 1 aromatic heterocycles. The molecule has 2 fully saturated rings. The zero-order valence-electron chi connectivity index (χ0n) is 24.1. The van der Waals surface area contributed by atoms with E-state index in [2.05, 4.69) is 27.0 Å². The Labute approximate surface area is 236 Å². The number of carbonyl (C=O) groups excluding carboxylic acids is 4. The minimum absolute atomic E-state index is 0.113. The number of rotatable bonds is 4. The third-order valence-corrected chi connectivity index (χ3v) is 7.88. The Balaban J connectivity index is 1.53. The monoisotopic (exact) mass is 553 g/mol. The van der Waals surface area contributed by atoms with Crippen LogP contribution in [0.2, 0.25) is 0 Å². The Morgan fingerprint density at radius 2 is 1.88 bits per heavy atom. The first-order valence-electron chi connectivity index (χ1n) is 14.5. The Kier molecular flexibility index (Phi) is 9.15. The van der Waals surface area contributed by atoms with Crippen LogP contribution in [0.25, 0.3) is 0 Å². The summed E-state index contributed by atoms with van der Waals surface area (Å²) in [6.45, 7) is 7.64. The van der Waals surface area contributed by atoms with E-state index in [0.29, 0.717) is 32.2 Å². The predicted octanol–water partition coefficient (Wildman–Crippen LogP) is 3.54. The molecule has 3 N–H and O–H groups in total. The van der Waals surface area contributed by atoms with E-state index in [0.717, 1.165) is 31.2 Å². The maximum Gasteiger partial charge on any atom is 0.408 e. The van der Waals surface area contributed by atoms with Gasteiger partial charge in [0, 0.05) is 24.9 Å². The molecule has 2 aliphatic heterocycles. The number of alkyl carbamates (subject to hydrolysis) is 1. The molecule has 0 aromatic carbocycles. The van der Waals surface area contributed by atoms with Crippen LogP contribution in [0, 0.1) is 5.92 Å². The number of fused-ring (bicyclic) bond motifs is 2. The van der Waals surface area contributed by atoms with Crippen LogP contribution >= 0.6 is 0 Å². The molecule has 0 bridgehead atoms. The highest BCUT2D eigenvalue weighted by atomic mass is 16.6. The van der Waals surface area contributed by atoms with Crippen LogP contribution in [-0.4, -0.2) is 63.5 Å². The van der Waals surface area contributed by atoms with Crippen molar-refractivity contribution in [3.63, 3.8) is 0 Å². The van der Waals surface area contributed by atoms with E-state index in [9.17, 15) is 19.2 Å². The molecule has 10 heteroatoms. The number of ether oxygens (including phenoxy) is 1. The molecule has 218 valence electrons. The van der Waals surface area contributed by atoms with Crippen LogP contribution in [-0.2, 0) is 19.1 Å². The summed E-state index contributed by atoms with van der Waals surface area (Å²) >= 11 is 0. The van der Waals surface area contributed by atoms with E-state index < -0.39 is 29.3 Å². The van der Waals surface area contributed by atoms with Gasteiger partial charge in [-0.05, 0) is 83.9 Å². The lowest BCUT2D eigenvalue weighted by Crippen LogP contribution is -2.58. The second-order valence-electron chi connectivity index (χ2n) is 12.2. The number of amides is 4. The van der Waals surface area contributed by atoms with Crippen molar-refractivity contribution in [2.24, 2.45) is 5.92 Å². The number of aromatic nitrogens is 1. The van der Waals surface area contributed by atoms with Gasteiger partial charge in [-0.3, -0.25) is 19.4 Å². The van der Waals surface area contributed by atoms with Crippen LogP contribution in [0.3, 0.4) is 0 Å². The molecule has 5 atom stereocenters. The molecule has 0 radical (unpaired) electrons. The fourth-order valence-electron chi connectivity index (χ4n) is 5.60. The number of nitrogens with zero attached hydrogens (tertiary/aromatic N) is 2. The lowest BCUT2D eigenvalue weighted by atomic mass is 10.0. The topological polar surface area (TPSA) is 130 Å². The number of nitrogens with one attached hydrogen (secondary N) is 3. The van der Waals surface area contributed by atoms with Crippen molar-refractivity contribution >= 4 is 23.8 Å². The Morgan fingerprint density at radius 3 is 2.60 bits per heavy atom. The highest BCUT2D eigenvalue weighted by molar-refractivity contribution is 5.98. The van der Waals surface area contributed by atoms with Crippen molar-refractivity contribution in [3.8, 4) is 0 Å².